The number of amides is 2. The summed E-state index contributed by atoms with van der Waals surface area (Å²) in [6, 6.07) is 8.54. The zero-order valence-corrected chi connectivity index (χ0v) is 32.8. The van der Waals surface area contributed by atoms with Gasteiger partial charge in [0.2, 0.25) is 0 Å². The second kappa shape index (κ2) is 12.6. The molecule has 4 saturated carbocycles. The van der Waals surface area contributed by atoms with Crippen LogP contribution in [0, 0.1) is 51.2 Å². The second-order valence-corrected chi connectivity index (χ2v) is 19.4. The average Bonchev–Trinajstić information content (AvgIpc) is 3.72. The molecule has 5 fully saturated rings. The molecule has 1 heterocycles. The number of Topliss-reactive ketones (excluding diaryl/α,β-unsaturated/α-hetero) is 1. The zero-order chi connectivity index (χ0) is 35.9. The highest BCUT2D eigenvalue weighted by Crippen LogP contribution is 2.76. The van der Waals surface area contributed by atoms with E-state index in [0.29, 0.717) is 29.6 Å². The van der Waals surface area contributed by atoms with E-state index in [4.69, 9.17) is 0 Å². The van der Waals surface area contributed by atoms with E-state index in [-0.39, 0.29) is 39.0 Å². The number of rotatable bonds is 7. The number of nitrogens with zero attached hydrogens (tertiary/aromatic N) is 2. The molecular weight excluding hydrogens is 615 g/mol. The number of hydrogen-bond donors (Lipinski definition) is 1. The van der Waals surface area contributed by atoms with Crippen molar-refractivity contribution in [2.24, 2.45) is 51.2 Å². The van der Waals surface area contributed by atoms with Crippen molar-refractivity contribution in [1.82, 2.24) is 15.1 Å². The van der Waals surface area contributed by atoms with Gasteiger partial charge in [0.1, 0.15) is 0 Å². The summed E-state index contributed by atoms with van der Waals surface area (Å²) in [5.41, 5.74) is 5.55. The minimum absolute atomic E-state index is 0.0626. The van der Waals surface area contributed by atoms with Crippen LogP contribution < -0.4 is 5.32 Å². The predicted molar refractivity (Wildman–Crippen MR) is 206 cm³/mol. The fourth-order valence-corrected chi connectivity index (χ4v) is 14.1. The Morgan fingerprint density at radius 1 is 0.880 bits per heavy atom. The molecule has 1 saturated heterocycles. The van der Waals surface area contributed by atoms with Gasteiger partial charge in [-0.15, -0.1) is 0 Å². The number of allylic oxidation sites excluding steroid dienone is 3. The molecule has 1 aliphatic heterocycles. The molecule has 6 aliphatic rings. The van der Waals surface area contributed by atoms with Gasteiger partial charge in [-0.1, -0.05) is 77.1 Å². The van der Waals surface area contributed by atoms with Crippen LogP contribution in [0.3, 0.4) is 0 Å². The molecule has 5 aliphatic carbocycles. The van der Waals surface area contributed by atoms with Crippen molar-refractivity contribution in [2.45, 2.75) is 125 Å². The molecule has 5 nitrogen and oxygen atoms in total. The van der Waals surface area contributed by atoms with E-state index < -0.39 is 0 Å². The number of nitrogens with one attached hydrogen (secondary N) is 1. The van der Waals surface area contributed by atoms with Crippen molar-refractivity contribution in [1.29, 1.82) is 0 Å². The number of benzene rings is 1. The maximum absolute atomic E-state index is 14.0. The van der Waals surface area contributed by atoms with Crippen molar-refractivity contribution in [2.75, 3.05) is 33.2 Å². The molecular formula is C45H67N3O2. The van der Waals surface area contributed by atoms with Crippen LogP contribution in [0.5, 0.6) is 0 Å². The summed E-state index contributed by atoms with van der Waals surface area (Å²) >= 11 is 0. The minimum atomic E-state index is -0.126. The molecule has 1 aromatic carbocycles. The summed E-state index contributed by atoms with van der Waals surface area (Å²) in [6.45, 7) is 25.7. The summed E-state index contributed by atoms with van der Waals surface area (Å²) in [5, 5.41) is 3.78. The van der Waals surface area contributed by atoms with Crippen molar-refractivity contribution in [3.8, 4) is 0 Å². The van der Waals surface area contributed by atoms with E-state index in [9.17, 15) is 9.59 Å². The molecule has 5 heteroatoms. The van der Waals surface area contributed by atoms with Gasteiger partial charge < -0.3 is 15.1 Å². The van der Waals surface area contributed by atoms with Gasteiger partial charge in [0.15, 0.2) is 5.78 Å². The van der Waals surface area contributed by atoms with Crippen LogP contribution in [0.15, 0.2) is 42.5 Å². The summed E-state index contributed by atoms with van der Waals surface area (Å²) in [7, 11) is 2.01. The molecule has 7 rings (SSSR count). The minimum Gasteiger partial charge on any atom is -0.332 e. The predicted octanol–water partition coefficient (Wildman–Crippen LogP) is 10.0. The van der Waals surface area contributed by atoms with Crippen molar-refractivity contribution in [3.05, 3.63) is 53.6 Å². The van der Waals surface area contributed by atoms with Crippen molar-refractivity contribution < 1.29 is 9.59 Å². The van der Waals surface area contributed by atoms with Gasteiger partial charge >= 0.3 is 6.03 Å². The maximum atomic E-state index is 14.0. The Morgan fingerprint density at radius 3 is 2.24 bits per heavy atom. The van der Waals surface area contributed by atoms with Crippen LogP contribution in [0.25, 0.3) is 5.57 Å². The van der Waals surface area contributed by atoms with Crippen LogP contribution >= 0.6 is 0 Å². The van der Waals surface area contributed by atoms with Gasteiger partial charge in [0, 0.05) is 31.2 Å². The fourth-order valence-electron chi connectivity index (χ4n) is 14.1. The Labute approximate surface area is 304 Å². The Balaban J connectivity index is 1.16. The van der Waals surface area contributed by atoms with Gasteiger partial charge in [0.05, 0.1) is 0 Å². The Bertz CT molecular complexity index is 1540. The largest absolute Gasteiger partial charge is 0.332 e. The van der Waals surface area contributed by atoms with E-state index in [0.717, 1.165) is 44.3 Å². The van der Waals surface area contributed by atoms with Crippen LogP contribution in [-0.4, -0.2) is 60.4 Å². The molecule has 9 unspecified atom stereocenters. The molecule has 50 heavy (non-hydrogen) atoms. The van der Waals surface area contributed by atoms with Gasteiger partial charge in [-0.3, -0.25) is 4.79 Å². The Kier molecular flexibility index (Phi) is 9.09. The number of carbonyl (C=O) groups is 2. The Morgan fingerprint density at radius 2 is 1.58 bits per heavy atom. The first-order chi connectivity index (χ1) is 23.6. The topological polar surface area (TPSA) is 52.7 Å². The van der Waals surface area contributed by atoms with Crippen LogP contribution in [0.1, 0.15) is 135 Å². The summed E-state index contributed by atoms with van der Waals surface area (Å²) < 4.78 is 0. The fraction of sp³-hybridized carbons (Fsp3) is 0.733. The van der Waals surface area contributed by atoms with E-state index in [1.165, 1.54) is 74.7 Å². The van der Waals surface area contributed by atoms with Crippen molar-refractivity contribution in [3.63, 3.8) is 0 Å². The van der Waals surface area contributed by atoms with E-state index in [2.05, 4.69) is 76.5 Å². The first-order valence-corrected chi connectivity index (χ1v) is 20.3. The summed E-state index contributed by atoms with van der Waals surface area (Å²) in [5.74, 6) is 2.97. The van der Waals surface area contributed by atoms with Gasteiger partial charge in [-0.05, 0) is 160 Å². The summed E-state index contributed by atoms with van der Waals surface area (Å²) in [6.07, 6.45) is 15.9. The highest BCUT2D eigenvalue weighted by atomic mass is 16.2. The van der Waals surface area contributed by atoms with Gasteiger partial charge in [0.25, 0.3) is 0 Å². The third-order valence-corrected chi connectivity index (χ3v) is 16.9. The van der Waals surface area contributed by atoms with E-state index >= 15 is 0 Å². The third kappa shape index (κ3) is 5.40. The lowest BCUT2D eigenvalue weighted by molar-refractivity contribution is -0.218. The van der Waals surface area contributed by atoms with Crippen LogP contribution in [-0.2, 0) is 0 Å². The highest BCUT2D eigenvalue weighted by Gasteiger charge is 2.70. The lowest BCUT2D eigenvalue weighted by Gasteiger charge is -2.72. The monoisotopic (exact) mass is 682 g/mol. The number of hydrogen-bond acceptors (Lipinski definition) is 3. The number of urea groups is 1. The van der Waals surface area contributed by atoms with E-state index in [1.54, 1.807) is 6.92 Å². The molecule has 0 spiro atoms. The molecule has 1 N–H and O–H groups in total. The lowest BCUT2D eigenvalue weighted by Crippen LogP contribution is -2.68. The number of likely N-dealkylation sites (N-methyl/N-ethyl adjacent to an activating group) is 1. The van der Waals surface area contributed by atoms with E-state index in [1.807, 2.05) is 24.1 Å². The maximum Gasteiger partial charge on any atom is 0.317 e. The molecule has 0 bridgehead atoms. The number of ketones is 1. The van der Waals surface area contributed by atoms with Gasteiger partial charge in [-0.2, -0.15) is 0 Å². The lowest BCUT2D eigenvalue weighted by atomic mass is 9.33. The standard InChI is InChI=1S/C45H67N3O2/c1-30(2)34-18-23-45(46-40(50)47(9)28-29-48-26-10-11-27-48)25-24-43(7)36(39(34)45)16-17-38-42(6)21-19-35(33-14-12-32(13-15-33)31(3)49)41(4,5)37(42)20-22-44(38,43)8/h12-15,19,34,36-39H,1,10-11,16-18,20-29H2,2-9H3,(H,46,50). The molecule has 0 radical (unpaired) electrons. The molecule has 274 valence electrons. The number of fused-ring (bicyclic) bond motifs is 7. The quantitative estimate of drug-likeness (QED) is 0.230. The number of carbonyl (C=O) groups excluding carboxylic acids is 2. The third-order valence-electron chi connectivity index (χ3n) is 16.9. The first-order valence-electron chi connectivity index (χ1n) is 20.3. The molecule has 9 atom stereocenters. The van der Waals surface area contributed by atoms with Crippen molar-refractivity contribution >= 4 is 17.4 Å². The highest BCUT2D eigenvalue weighted by molar-refractivity contribution is 5.94. The smallest absolute Gasteiger partial charge is 0.317 e. The zero-order valence-electron chi connectivity index (χ0n) is 32.8. The summed E-state index contributed by atoms with van der Waals surface area (Å²) in [4.78, 5) is 30.4. The second-order valence-electron chi connectivity index (χ2n) is 19.4. The number of likely N-dealkylation sites (tertiary alicyclic amines) is 1. The normalized spacial score (nSPS) is 40.5. The molecule has 1 aromatic rings. The van der Waals surface area contributed by atoms with Gasteiger partial charge in [-0.25, -0.2) is 4.79 Å². The first kappa shape index (κ1) is 36.0. The molecule has 0 aromatic heterocycles. The Hall–Kier alpha value is -2.40. The van der Waals surface area contributed by atoms with Crippen LogP contribution in [0.4, 0.5) is 4.79 Å². The molecule has 2 amide bonds. The SMILES string of the molecule is C=C(C)C1CCC2(NC(=O)N(C)CCN3CCCC3)CCC3(C)C(CCC4C5(C)CC=C(c6ccc(C(C)=O)cc6)C(C)(C)C5CCC43C)C12. The average molecular weight is 682 g/mol. The van der Waals surface area contributed by atoms with Crippen LogP contribution in [0.2, 0.25) is 0 Å².